The summed E-state index contributed by atoms with van der Waals surface area (Å²) >= 11 is 6.50. The normalized spacial score (nSPS) is 10.8. The van der Waals surface area contributed by atoms with Gasteiger partial charge in [0.1, 0.15) is 16.8 Å². The molecule has 0 radical (unpaired) electrons. The highest BCUT2D eigenvalue weighted by molar-refractivity contribution is 9.10. The molecule has 2 rings (SSSR count). The molecule has 0 saturated heterocycles. The van der Waals surface area contributed by atoms with Gasteiger partial charge in [0.2, 0.25) is 0 Å². The summed E-state index contributed by atoms with van der Waals surface area (Å²) in [6.07, 6.45) is 3.87. The van der Waals surface area contributed by atoms with Crippen LogP contribution in [0.3, 0.4) is 0 Å². The topological polar surface area (TPSA) is 41.1 Å². The van der Waals surface area contributed by atoms with E-state index in [4.69, 9.17) is 4.74 Å². The lowest BCUT2D eigenvalue weighted by Gasteiger charge is -2.07. The third kappa shape index (κ3) is 2.94. The van der Waals surface area contributed by atoms with Crippen molar-refractivity contribution >= 4 is 39.5 Å². The van der Waals surface area contributed by atoms with Crippen LogP contribution < -0.4 is 9.58 Å². The summed E-state index contributed by atoms with van der Waals surface area (Å²) in [7, 11) is 1.64. The molecule has 0 fully saturated rings. The van der Waals surface area contributed by atoms with Gasteiger partial charge in [0.05, 0.1) is 7.11 Å². The first-order valence-corrected chi connectivity index (χ1v) is 9.09. The number of benzene rings is 1. The van der Waals surface area contributed by atoms with Crippen LogP contribution in [0.1, 0.15) is 5.56 Å². The van der Waals surface area contributed by atoms with Gasteiger partial charge in [0, 0.05) is 0 Å². The molecule has 0 aliphatic carbocycles. The summed E-state index contributed by atoms with van der Waals surface area (Å²) < 4.78 is 7.73. The predicted octanol–water partition coefficient (Wildman–Crippen LogP) is 3.38. The Morgan fingerprint density at radius 1 is 1.25 bits per heavy atom. The van der Waals surface area contributed by atoms with E-state index in [2.05, 4.69) is 15.9 Å². The molecule has 0 bridgehead atoms. The molecule has 1 aromatic heterocycles. The van der Waals surface area contributed by atoms with Crippen LogP contribution in [0.15, 0.2) is 38.8 Å². The zero-order chi connectivity index (χ0) is 14.7. The molecule has 0 amide bonds. The summed E-state index contributed by atoms with van der Waals surface area (Å²) in [4.78, 5) is 0.949. The van der Waals surface area contributed by atoms with Crippen LogP contribution in [0, 0.1) is 5.21 Å². The van der Waals surface area contributed by atoms with E-state index in [0.29, 0.717) is 11.6 Å². The highest BCUT2D eigenvalue weighted by atomic mass is 79.9. The molecular weight excluding hydrogens is 360 g/mol. The molecule has 0 aliphatic rings. The van der Waals surface area contributed by atoms with Crippen LogP contribution in [0.2, 0.25) is 0 Å². The van der Waals surface area contributed by atoms with E-state index in [1.807, 2.05) is 36.8 Å². The molecule has 0 spiro atoms. The number of ether oxygens (including phenoxy) is 1. The molecule has 2 aromatic rings. The van der Waals surface area contributed by atoms with Gasteiger partial charge in [0.15, 0.2) is 5.03 Å². The van der Waals surface area contributed by atoms with Crippen LogP contribution in [0.5, 0.6) is 5.75 Å². The lowest BCUT2D eigenvalue weighted by atomic mass is 10.2. The van der Waals surface area contributed by atoms with Crippen molar-refractivity contribution < 1.29 is 9.58 Å². The van der Waals surface area contributed by atoms with E-state index < -0.39 is 0 Å². The van der Waals surface area contributed by atoms with Crippen molar-refractivity contribution in [1.29, 1.82) is 0 Å². The van der Waals surface area contributed by atoms with E-state index in [1.54, 1.807) is 23.6 Å². The minimum absolute atomic E-state index is 0.531. The van der Waals surface area contributed by atoms with Crippen LogP contribution >= 0.6 is 39.5 Å². The summed E-state index contributed by atoms with van der Waals surface area (Å²) in [6, 6.07) is 7.74. The lowest BCUT2D eigenvalue weighted by molar-refractivity contribution is -0.731. The molecule has 0 aliphatic heterocycles. The Kier molecular flexibility index (Phi) is 5.29. The fourth-order valence-electron chi connectivity index (χ4n) is 1.88. The van der Waals surface area contributed by atoms with Crippen molar-refractivity contribution in [3.05, 3.63) is 39.5 Å². The minimum atomic E-state index is 0.531. The third-order valence-corrected chi connectivity index (χ3v) is 5.71. The van der Waals surface area contributed by atoms with E-state index >= 15 is 0 Å². The Labute approximate surface area is 135 Å². The van der Waals surface area contributed by atoms with Crippen LogP contribution in [-0.4, -0.2) is 24.3 Å². The zero-order valence-electron chi connectivity index (χ0n) is 11.4. The summed E-state index contributed by atoms with van der Waals surface area (Å²) in [6.45, 7) is 0.531. The van der Waals surface area contributed by atoms with E-state index in [9.17, 15) is 5.21 Å². The SMILES string of the molecule is COc1ccc(Cn2c(SC)c(Br)c(SC)[n+]2[O-])cc1. The van der Waals surface area contributed by atoms with Gasteiger partial charge in [-0.15, -0.1) is 16.4 Å². The van der Waals surface area contributed by atoms with Gasteiger partial charge in [-0.3, -0.25) is 0 Å². The second-order valence-electron chi connectivity index (χ2n) is 4.01. The molecule has 0 unspecified atom stereocenters. The molecule has 108 valence electrons. The van der Waals surface area contributed by atoms with Gasteiger partial charge in [-0.05, 0) is 46.1 Å². The maximum Gasteiger partial charge on any atom is 0.293 e. The van der Waals surface area contributed by atoms with Gasteiger partial charge in [-0.25, -0.2) is 0 Å². The Morgan fingerprint density at radius 3 is 2.40 bits per heavy atom. The number of halogens is 1. The van der Waals surface area contributed by atoms with Gasteiger partial charge in [-0.2, -0.15) is 0 Å². The van der Waals surface area contributed by atoms with Crippen molar-refractivity contribution in [2.75, 3.05) is 19.6 Å². The molecular formula is C13H15BrN2O2S2. The Hall–Kier alpha value is -0.790. The first kappa shape index (κ1) is 15.6. The van der Waals surface area contributed by atoms with E-state index in [1.165, 1.54) is 11.8 Å². The van der Waals surface area contributed by atoms with Gasteiger partial charge in [-0.1, -0.05) is 28.7 Å². The fraction of sp³-hybridized carbons (Fsp3) is 0.308. The number of thioether (sulfide) groups is 2. The molecule has 0 N–H and O–H groups in total. The highest BCUT2D eigenvalue weighted by Gasteiger charge is 2.24. The van der Waals surface area contributed by atoms with Crippen molar-refractivity contribution in [2.24, 2.45) is 0 Å². The maximum absolute atomic E-state index is 12.3. The smallest absolute Gasteiger partial charge is 0.293 e. The molecule has 4 nitrogen and oxygen atoms in total. The molecule has 1 aromatic carbocycles. The number of methoxy groups -OCH3 is 1. The van der Waals surface area contributed by atoms with Crippen molar-refractivity contribution in [3.8, 4) is 5.75 Å². The highest BCUT2D eigenvalue weighted by Crippen LogP contribution is 2.33. The average molecular weight is 375 g/mol. The largest absolute Gasteiger partial charge is 0.595 e. The Morgan fingerprint density at radius 2 is 1.90 bits per heavy atom. The molecule has 20 heavy (non-hydrogen) atoms. The first-order valence-electron chi connectivity index (χ1n) is 5.85. The second kappa shape index (κ2) is 6.78. The van der Waals surface area contributed by atoms with Crippen molar-refractivity contribution in [3.63, 3.8) is 0 Å². The first-order chi connectivity index (χ1) is 9.62. The van der Waals surface area contributed by atoms with Crippen molar-refractivity contribution in [1.82, 2.24) is 4.68 Å². The third-order valence-electron chi connectivity index (χ3n) is 2.88. The number of hydrogen-bond acceptors (Lipinski definition) is 4. The minimum Gasteiger partial charge on any atom is -0.595 e. The molecule has 0 saturated carbocycles. The van der Waals surface area contributed by atoms with E-state index in [0.717, 1.165) is 25.7 Å². The summed E-state index contributed by atoms with van der Waals surface area (Å²) in [5.74, 6) is 0.812. The molecule has 7 heteroatoms. The van der Waals surface area contributed by atoms with Crippen LogP contribution in [0.4, 0.5) is 0 Å². The van der Waals surface area contributed by atoms with Gasteiger partial charge >= 0.3 is 0 Å². The standard InChI is InChI=1S/C13H15BrN2O2S2/c1-18-10-6-4-9(5-7-10)8-15-12(19-2)11(14)13(20-3)16(15)17/h4-7H,8H2,1-3H3. The van der Waals surface area contributed by atoms with Crippen molar-refractivity contribution in [2.45, 2.75) is 16.6 Å². The number of aromatic nitrogens is 2. The Bertz CT molecular complexity index is 599. The summed E-state index contributed by atoms with van der Waals surface area (Å²) in [5, 5.41) is 13.9. The van der Waals surface area contributed by atoms with E-state index in [-0.39, 0.29) is 0 Å². The number of nitrogens with zero attached hydrogens (tertiary/aromatic N) is 2. The van der Waals surface area contributed by atoms with Crippen LogP contribution in [0.25, 0.3) is 0 Å². The summed E-state index contributed by atoms with van der Waals surface area (Å²) in [5.41, 5.74) is 1.06. The Balaban J connectivity index is 2.36. The maximum atomic E-state index is 12.3. The van der Waals surface area contributed by atoms with Gasteiger partial charge < -0.3 is 9.94 Å². The quantitative estimate of drug-likeness (QED) is 0.456. The second-order valence-corrected chi connectivity index (χ2v) is 6.39. The lowest BCUT2D eigenvalue weighted by Crippen LogP contribution is -2.39. The number of rotatable bonds is 5. The zero-order valence-corrected chi connectivity index (χ0v) is 14.6. The predicted molar refractivity (Wildman–Crippen MR) is 86.8 cm³/mol. The molecule has 1 heterocycles. The monoisotopic (exact) mass is 374 g/mol. The van der Waals surface area contributed by atoms with Gasteiger partial charge in [0.25, 0.3) is 5.03 Å². The average Bonchev–Trinajstić information content (AvgIpc) is 2.70. The number of hydrogen-bond donors (Lipinski definition) is 0. The van der Waals surface area contributed by atoms with Crippen LogP contribution in [-0.2, 0) is 6.54 Å². The fourth-order valence-corrected chi connectivity index (χ4v) is 4.43. The molecule has 0 atom stereocenters.